The molecule has 1 atom stereocenters. The molecule has 0 unspecified atom stereocenters. The van der Waals surface area contributed by atoms with E-state index in [0.29, 0.717) is 10.8 Å². The Hall–Kier alpha value is -2.65. The Morgan fingerprint density at radius 2 is 1.92 bits per heavy atom. The van der Waals surface area contributed by atoms with Gasteiger partial charge in [0, 0.05) is 33.8 Å². The van der Waals surface area contributed by atoms with E-state index >= 15 is 0 Å². The number of benzene rings is 1. The van der Waals surface area contributed by atoms with Gasteiger partial charge >= 0.3 is 5.97 Å². The van der Waals surface area contributed by atoms with Crippen LogP contribution in [0.3, 0.4) is 0 Å². The lowest BCUT2D eigenvalue weighted by Gasteiger charge is -2.11. The van der Waals surface area contributed by atoms with Crippen LogP contribution in [0, 0.1) is 0 Å². The molecule has 1 heterocycles. The highest BCUT2D eigenvalue weighted by Gasteiger charge is 2.15. The number of carboxylic acids is 1. The average Bonchev–Trinajstić information content (AvgIpc) is 3.09. The smallest absolute Gasteiger partial charge is 0.331 e. The number of aliphatic carboxylic acids is 1. The minimum absolute atomic E-state index is 0.0465. The van der Waals surface area contributed by atoms with Gasteiger partial charge in [0.2, 0.25) is 11.8 Å². The van der Waals surface area contributed by atoms with E-state index in [0.717, 1.165) is 11.0 Å². The van der Waals surface area contributed by atoms with Gasteiger partial charge in [-0.3, -0.25) is 9.59 Å². The summed E-state index contributed by atoms with van der Waals surface area (Å²) in [4.78, 5) is 39.4. The van der Waals surface area contributed by atoms with E-state index in [2.05, 4.69) is 15.6 Å². The standard InChI is InChI=1S/C17H17N3O4S2/c1-10(16(23)24)9-14(21)19-12-3-5-13(6-4-12)26-11(2)15(22)20-17-18-7-8-25-17/h3-9,11H,1-2H3,(H,19,21)(H,23,24)(H,18,20,22)/b10-9+/t11-/m1/s1. The van der Waals surface area contributed by atoms with Gasteiger partial charge in [-0.15, -0.1) is 23.1 Å². The Balaban J connectivity index is 1.90. The fourth-order valence-corrected chi connectivity index (χ4v) is 3.20. The second-order valence-corrected chi connectivity index (χ2v) is 7.54. The minimum atomic E-state index is -1.14. The molecule has 9 heteroatoms. The first-order chi connectivity index (χ1) is 12.3. The van der Waals surface area contributed by atoms with Crippen molar-refractivity contribution in [2.75, 3.05) is 10.6 Å². The number of aromatic nitrogens is 1. The number of hydrogen-bond acceptors (Lipinski definition) is 6. The molecule has 0 fully saturated rings. The number of nitrogens with zero attached hydrogens (tertiary/aromatic N) is 1. The number of anilines is 2. The zero-order chi connectivity index (χ0) is 19.1. The first-order valence-electron chi connectivity index (χ1n) is 7.55. The molecular formula is C17H17N3O4S2. The van der Waals surface area contributed by atoms with E-state index in [1.165, 1.54) is 30.0 Å². The second-order valence-electron chi connectivity index (χ2n) is 5.23. The summed E-state index contributed by atoms with van der Waals surface area (Å²) < 4.78 is 0. The van der Waals surface area contributed by atoms with Crippen LogP contribution in [0.1, 0.15) is 13.8 Å². The topological polar surface area (TPSA) is 108 Å². The monoisotopic (exact) mass is 391 g/mol. The Kier molecular flexibility index (Phi) is 6.93. The van der Waals surface area contributed by atoms with Gasteiger partial charge in [0.15, 0.2) is 5.13 Å². The van der Waals surface area contributed by atoms with Gasteiger partial charge in [-0.2, -0.15) is 0 Å². The lowest BCUT2D eigenvalue weighted by molar-refractivity contribution is -0.132. The van der Waals surface area contributed by atoms with Crippen LogP contribution in [0.15, 0.2) is 52.4 Å². The summed E-state index contributed by atoms with van der Waals surface area (Å²) in [5.41, 5.74) is 0.489. The average molecular weight is 391 g/mol. The van der Waals surface area contributed by atoms with Crippen LogP contribution in [-0.2, 0) is 14.4 Å². The fourth-order valence-electron chi connectivity index (χ4n) is 1.80. The SMILES string of the molecule is C/C(=C\C(=O)Nc1ccc(S[C@H](C)C(=O)Nc2nccs2)cc1)C(=O)O. The van der Waals surface area contributed by atoms with Crippen molar-refractivity contribution < 1.29 is 19.5 Å². The maximum atomic E-state index is 12.1. The molecule has 26 heavy (non-hydrogen) atoms. The van der Waals surface area contributed by atoms with Gasteiger partial charge in [0.25, 0.3) is 0 Å². The molecule has 0 bridgehead atoms. The lowest BCUT2D eigenvalue weighted by atomic mass is 10.2. The van der Waals surface area contributed by atoms with Crippen LogP contribution < -0.4 is 10.6 Å². The quantitative estimate of drug-likeness (QED) is 0.494. The Labute approximate surface area is 158 Å². The van der Waals surface area contributed by atoms with E-state index < -0.39 is 11.9 Å². The molecule has 2 aromatic rings. The van der Waals surface area contributed by atoms with Gasteiger partial charge in [0.1, 0.15) is 0 Å². The third kappa shape index (κ3) is 6.01. The maximum absolute atomic E-state index is 12.1. The zero-order valence-corrected chi connectivity index (χ0v) is 15.7. The van der Waals surface area contributed by atoms with Crippen molar-refractivity contribution >= 4 is 51.7 Å². The number of thiazole rings is 1. The number of rotatable bonds is 7. The van der Waals surface area contributed by atoms with Crippen LogP contribution in [0.25, 0.3) is 0 Å². The van der Waals surface area contributed by atoms with Gasteiger partial charge in [-0.05, 0) is 38.1 Å². The lowest BCUT2D eigenvalue weighted by Crippen LogP contribution is -2.22. The predicted molar refractivity (Wildman–Crippen MR) is 103 cm³/mol. The molecule has 1 aromatic heterocycles. The van der Waals surface area contributed by atoms with E-state index in [-0.39, 0.29) is 16.7 Å². The molecule has 0 aliphatic heterocycles. The van der Waals surface area contributed by atoms with Crippen molar-refractivity contribution in [3.05, 3.63) is 47.5 Å². The molecule has 0 saturated carbocycles. The molecule has 0 aliphatic carbocycles. The first kappa shape index (κ1) is 19.7. The van der Waals surface area contributed by atoms with Gasteiger partial charge in [0.05, 0.1) is 5.25 Å². The molecule has 1 aromatic carbocycles. The van der Waals surface area contributed by atoms with Crippen LogP contribution >= 0.6 is 23.1 Å². The minimum Gasteiger partial charge on any atom is -0.478 e. The van der Waals surface area contributed by atoms with Crippen LogP contribution in [0.2, 0.25) is 0 Å². The molecule has 136 valence electrons. The van der Waals surface area contributed by atoms with Gasteiger partial charge < -0.3 is 15.7 Å². The fraction of sp³-hybridized carbons (Fsp3) is 0.176. The number of amides is 2. The molecule has 0 radical (unpaired) electrons. The van der Waals surface area contributed by atoms with Crippen molar-refractivity contribution in [1.29, 1.82) is 0 Å². The van der Waals surface area contributed by atoms with Crippen molar-refractivity contribution in [1.82, 2.24) is 4.98 Å². The number of carbonyl (C=O) groups excluding carboxylic acids is 2. The number of carbonyl (C=O) groups is 3. The highest BCUT2D eigenvalue weighted by Crippen LogP contribution is 2.26. The van der Waals surface area contributed by atoms with Gasteiger partial charge in [-0.1, -0.05) is 0 Å². The van der Waals surface area contributed by atoms with Crippen LogP contribution in [0.4, 0.5) is 10.8 Å². The van der Waals surface area contributed by atoms with Gasteiger partial charge in [-0.25, -0.2) is 9.78 Å². The molecule has 7 nitrogen and oxygen atoms in total. The number of nitrogens with one attached hydrogen (secondary N) is 2. The molecule has 0 spiro atoms. The van der Waals surface area contributed by atoms with Crippen molar-refractivity contribution in [3.63, 3.8) is 0 Å². The number of hydrogen-bond donors (Lipinski definition) is 3. The van der Waals surface area contributed by atoms with Crippen molar-refractivity contribution in [3.8, 4) is 0 Å². The summed E-state index contributed by atoms with van der Waals surface area (Å²) in [5, 5.41) is 16.1. The van der Waals surface area contributed by atoms with E-state index in [1.54, 1.807) is 42.8 Å². The Bertz CT molecular complexity index is 817. The summed E-state index contributed by atoms with van der Waals surface area (Å²) in [6, 6.07) is 6.94. The van der Waals surface area contributed by atoms with E-state index in [1.807, 2.05) is 0 Å². The highest BCUT2D eigenvalue weighted by atomic mass is 32.2. The third-order valence-electron chi connectivity index (χ3n) is 3.15. The largest absolute Gasteiger partial charge is 0.478 e. The third-order valence-corrected chi connectivity index (χ3v) is 4.95. The summed E-state index contributed by atoms with van der Waals surface area (Å²) in [6.07, 6.45) is 2.65. The molecule has 3 N–H and O–H groups in total. The van der Waals surface area contributed by atoms with Crippen molar-refractivity contribution in [2.45, 2.75) is 24.0 Å². The normalized spacial score (nSPS) is 12.3. The van der Waals surface area contributed by atoms with Crippen LogP contribution in [-0.4, -0.2) is 33.1 Å². The second kappa shape index (κ2) is 9.16. The zero-order valence-electron chi connectivity index (χ0n) is 14.1. The van der Waals surface area contributed by atoms with E-state index in [4.69, 9.17) is 5.11 Å². The summed E-state index contributed by atoms with van der Waals surface area (Å²) in [7, 11) is 0. The summed E-state index contributed by atoms with van der Waals surface area (Å²) in [6.45, 7) is 3.14. The predicted octanol–water partition coefficient (Wildman–Crippen LogP) is 3.23. The first-order valence-corrected chi connectivity index (χ1v) is 9.30. The Morgan fingerprint density at radius 3 is 2.50 bits per heavy atom. The maximum Gasteiger partial charge on any atom is 0.331 e. The Morgan fingerprint density at radius 1 is 1.23 bits per heavy atom. The summed E-state index contributed by atoms with van der Waals surface area (Å²) in [5.74, 6) is -1.80. The van der Waals surface area contributed by atoms with Crippen molar-refractivity contribution in [2.24, 2.45) is 0 Å². The molecule has 2 rings (SSSR count). The highest BCUT2D eigenvalue weighted by molar-refractivity contribution is 8.00. The molecule has 2 amide bonds. The number of carboxylic acid groups (broad SMARTS) is 1. The number of thioether (sulfide) groups is 1. The summed E-state index contributed by atoms with van der Waals surface area (Å²) >= 11 is 2.73. The molecule has 0 aliphatic rings. The van der Waals surface area contributed by atoms with Crippen LogP contribution in [0.5, 0.6) is 0 Å². The molecular weight excluding hydrogens is 374 g/mol. The van der Waals surface area contributed by atoms with E-state index in [9.17, 15) is 14.4 Å². The molecule has 0 saturated heterocycles.